The molecule has 0 bridgehead atoms. The van der Waals surface area contributed by atoms with Crippen LogP contribution < -0.4 is 15.2 Å². The number of ketones is 1. The Morgan fingerprint density at radius 1 is 1.07 bits per heavy atom. The van der Waals surface area contributed by atoms with Crippen molar-refractivity contribution in [2.45, 2.75) is 18.9 Å². The van der Waals surface area contributed by atoms with E-state index < -0.39 is 0 Å². The first-order valence-electron chi connectivity index (χ1n) is 9.77. The van der Waals surface area contributed by atoms with E-state index in [1.807, 2.05) is 28.8 Å². The highest BCUT2D eigenvalue weighted by molar-refractivity contribution is 5.98. The number of Topliss-reactive ketones (excluding diaryl/α,β-unsaturated/α-hetero) is 1. The molecular formula is C22H26ClN3O4. The lowest BCUT2D eigenvalue weighted by Crippen LogP contribution is -2.39. The number of H-pyrrole nitrogens is 1. The Morgan fingerprint density at radius 3 is 2.47 bits per heavy atom. The Labute approximate surface area is 181 Å². The fourth-order valence-electron chi connectivity index (χ4n) is 4.08. The van der Waals surface area contributed by atoms with Crippen LogP contribution in [0.15, 0.2) is 47.3 Å². The minimum atomic E-state index is -0.0638. The molecule has 0 saturated carbocycles. The minimum absolute atomic E-state index is 0. The van der Waals surface area contributed by atoms with Gasteiger partial charge in [-0.3, -0.25) is 14.3 Å². The summed E-state index contributed by atoms with van der Waals surface area (Å²) < 4.78 is 12.4. The lowest BCUT2D eigenvalue weighted by Gasteiger charge is -2.32. The fraction of sp³-hybridized carbons (Fsp3) is 0.364. The Kier molecular flexibility index (Phi) is 6.84. The van der Waals surface area contributed by atoms with E-state index in [0.717, 1.165) is 37.0 Å². The molecule has 160 valence electrons. The van der Waals surface area contributed by atoms with E-state index >= 15 is 0 Å². The SMILES string of the molecule is COc1ccc(C(=O)CN2CCC(n3c(=O)[nH]c4ccccc43)CC2)cc1OC.Cl. The summed E-state index contributed by atoms with van der Waals surface area (Å²) in [5.74, 6) is 1.21. The smallest absolute Gasteiger partial charge is 0.326 e. The molecule has 0 radical (unpaired) electrons. The molecule has 2 aromatic carbocycles. The summed E-state index contributed by atoms with van der Waals surface area (Å²) in [6.07, 6.45) is 1.67. The van der Waals surface area contributed by atoms with Crippen LogP contribution in [0, 0.1) is 0 Å². The van der Waals surface area contributed by atoms with Gasteiger partial charge in [0.05, 0.1) is 31.8 Å². The van der Waals surface area contributed by atoms with Crippen LogP contribution in [0.5, 0.6) is 11.5 Å². The van der Waals surface area contributed by atoms with Crippen LogP contribution in [0.1, 0.15) is 29.2 Å². The molecule has 0 spiro atoms. The number of para-hydroxylation sites is 2. The molecule has 1 aliphatic rings. The number of piperidine rings is 1. The first-order chi connectivity index (χ1) is 14.1. The third-order valence-electron chi connectivity index (χ3n) is 5.62. The van der Waals surface area contributed by atoms with Crippen molar-refractivity contribution in [3.63, 3.8) is 0 Å². The molecule has 8 heteroatoms. The third-order valence-corrected chi connectivity index (χ3v) is 5.62. The second-order valence-corrected chi connectivity index (χ2v) is 7.32. The Morgan fingerprint density at radius 2 is 1.77 bits per heavy atom. The molecule has 1 fully saturated rings. The van der Waals surface area contributed by atoms with Crippen molar-refractivity contribution in [1.29, 1.82) is 0 Å². The molecule has 3 aromatic rings. The van der Waals surface area contributed by atoms with Gasteiger partial charge in [-0.15, -0.1) is 12.4 Å². The number of aromatic nitrogens is 2. The van der Waals surface area contributed by atoms with E-state index in [1.165, 1.54) is 0 Å². The van der Waals surface area contributed by atoms with Gasteiger partial charge < -0.3 is 14.5 Å². The molecule has 1 aromatic heterocycles. The highest BCUT2D eigenvalue weighted by atomic mass is 35.5. The number of ether oxygens (including phenoxy) is 2. The van der Waals surface area contributed by atoms with Gasteiger partial charge in [0.15, 0.2) is 17.3 Å². The average molecular weight is 432 g/mol. The van der Waals surface area contributed by atoms with Gasteiger partial charge in [0.1, 0.15) is 0 Å². The lowest BCUT2D eigenvalue weighted by molar-refractivity contribution is 0.0897. The number of nitrogens with zero attached hydrogens (tertiary/aromatic N) is 2. The van der Waals surface area contributed by atoms with E-state index in [9.17, 15) is 9.59 Å². The molecule has 0 amide bonds. The molecule has 7 nitrogen and oxygen atoms in total. The summed E-state index contributed by atoms with van der Waals surface area (Å²) in [5.41, 5.74) is 2.35. The molecular weight excluding hydrogens is 406 g/mol. The molecule has 1 N–H and O–H groups in total. The summed E-state index contributed by atoms with van der Waals surface area (Å²) in [6.45, 7) is 1.90. The Hall–Kier alpha value is -2.77. The van der Waals surface area contributed by atoms with Crippen LogP contribution in [0.25, 0.3) is 11.0 Å². The number of hydrogen-bond donors (Lipinski definition) is 1. The lowest BCUT2D eigenvalue weighted by atomic mass is 10.0. The summed E-state index contributed by atoms with van der Waals surface area (Å²) in [6, 6.07) is 13.1. The van der Waals surface area contributed by atoms with Crippen LogP contribution in [-0.4, -0.2) is 54.1 Å². The number of aromatic amines is 1. The van der Waals surface area contributed by atoms with Crippen LogP contribution >= 0.6 is 12.4 Å². The number of halogens is 1. The second kappa shape index (κ2) is 9.36. The largest absolute Gasteiger partial charge is 0.493 e. The zero-order valence-electron chi connectivity index (χ0n) is 17.1. The highest BCUT2D eigenvalue weighted by Gasteiger charge is 2.25. The van der Waals surface area contributed by atoms with Crippen molar-refractivity contribution >= 4 is 29.2 Å². The number of hydrogen-bond acceptors (Lipinski definition) is 5. The second-order valence-electron chi connectivity index (χ2n) is 7.32. The summed E-state index contributed by atoms with van der Waals surface area (Å²) in [4.78, 5) is 30.2. The van der Waals surface area contributed by atoms with Crippen molar-refractivity contribution in [2.24, 2.45) is 0 Å². The van der Waals surface area contributed by atoms with Gasteiger partial charge in [0, 0.05) is 24.7 Å². The van der Waals surface area contributed by atoms with Crippen molar-refractivity contribution in [3.05, 3.63) is 58.5 Å². The summed E-state index contributed by atoms with van der Waals surface area (Å²) >= 11 is 0. The van der Waals surface area contributed by atoms with Gasteiger partial charge >= 0.3 is 5.69 Å². The highest BCUT2D eigenvalue weighted by Crippen LogP contribution is 2.28. The number of carbonyl (C=O) groups excluding carboxylic acids is 1. The normalized spacial score (nSPS) is 15.0. The van der Waals surface area contributed by atoms with E-state index in [0.29, 0.717) is 23.6 Å². The van der Waals surface area contributed by atoms with Crippen LogP contribution in [-0.2, 0) is 0 Å². The zero-order valence-corrected chi connectivity index (χ0v) is 17.9. The van der Waals surface area contributed by atoms with Crippen molar-refractivity contribution in [2.75, 3.05) is 33.9 Å². The topological polar surface area (TPSA) is 76.6 Å². The maximum Gasteiger partial charge on any atom is 0.326 e. The Bertz CT molecular complexity index is 1080. The van der Waals surface area contributed by atoms with E-state index in [4.69, 9.17) is 9.47 Å². The van der Waals surface area contributed by atoms with Crippen LogP contribution in [0.4, 0.5) is 0 Å². The molecule has 0 unspecified atom stereocenters. The first-order valence-corrected chi connectivity index (χ1v) is 9.77. The summed E-state index contributed by atoms with van der Waals surface area (Å²) in [7, 11) is 3.13. The molecule has 4 rings (SSSR count). The van der Waals surface area contributed by atoms with E-state index in [2.05, 4.69) is 9.88 Å². The molecule has 0 atom stereocenters. The first kappa shape index (κ1) is 21.9. The monoisotopic (exact) mass is 431 g/mol. The molecule has 1 saturated heterocycles. The number of nitrogens with one attached hydrogen (secondary N) is 1. The zero-order chi connectivity index (χ0) is 20.4. The number of rotatable bonds is 6. The fourth-order valence-corrected chi connectivity index (χ4v) is 4.08. The van der Waals surface area contributed by atoms with Crippen molar-refractivity contribution < 1.29 is 14.3 Å². The number of likely N-dealkylation sites (tertiary alicyclic amines) is 1. The van der Waals surface area contributed by atoms with Gasteiger partial charge in [-0.25, -0.2) is 4.79 Å². The summed E-state index contributed by atoms with van der Waals surface area (Å²) in [5, 5.41) is 0. The van der Waals surface area contributed by atoms with Gasteiger partial charge in [-0.05, 0) is 43.2 Å². The Balaban J connectivity index is 0.00000256. The quantitative estimate of drug-likeness (QED) is 0.606. The average Bonchev–Trinajstić information content (AvgIpc) is 3.09. The van der Waals surface area contributed by atoms with E-state index in [-0.39, 0.29) is 29.9 Å². The van der Waals surface area contributed by atoms with Crippen molar-refractivity contribution in [1.82, 2.24) is 14.5 Å². The standard InChI is InChI=1S/C22H25N3O4.ClH/c1-28-20-8-7-15(13-21(20)29-2)19(26)14-24-11-9-16(10-12-24)25-18-6-4-3-5-17(18)23-22(25)27;/h3-8,13,16H,9-12,14H2,1-2H3,(H,23,27);1H. The minimum Gasteiger partial charge on any atom is -0.493 e. The molecule has 30 heavy (non-hydrogen) atoms. The maximum atomic E-state index is 12.7. The van der Waals surface area contributed by atoms with Gasteiger partial charge in [-0.2, -0.15) is 0 Å². The number of carbonyl (C=O) groups is 1. The molecule has 2 heterocycles. The van der Waals surface area contributed by atoms with Crippen molar-refractivity contribution in [3.8, 4) is 11.5 Å². The predicted molar refractivity (Wildman–Crippen MR) is 118 cm³/mol. The number of fused-ring (bicyclic) bond motifs is 1. The van der Waals surface area contributed by atoms with E-state index in [1.54, 1.807) is 32.4 Å². The molecule has 1 aliphatic heterocycles. The molecule has 0 aliphatic carbocycles. The number of imidazole rings is 1. The van der Waals surface area contributed by atoms with Gasteiger partial charge in [-0.1, -0.05) is 12.1 Å². The third kappa shape index (κ3) is 4.22. The maximum absolute atomic E-state index is 12.7. The van der Waals surface area contributed by atoms with Gasteiger partial charge in [0.2, 0.25) is 0 Å². The number of benzene rings is 2. The van der Waals surface area contributed by atoms with Gasteiger partial charge in [0.25, 0.3) is 0 Å². The van der Waals surface area contributed by atoms with Crippen LogP contribution in [0.3, 0.4) is 0 Å². The number of methoxy groups -OCH3 is 2. The van der Waals surface area contributed by atoms with Crippen LogP contribution in [0.2, 0.25) is 0 Å². The predicted octanol–water partition coefficient (Wildman–Crippen LogP) is 3.29.